The number of halogens is 1. The standard InChI is InChI=1S/C23H28BrN2O2/c1-26(2)19-12-13-20(26)15-21(14-19)28-23(27)25(18-9-4-3-5-10-18)16-17-8-6-7-11-22(17)24/h3-11,19-21H,12-16H2,1-2H3/q+1/t19-,20+,21?. The van der Waals surface area contributed by atoms with Crippen LogP contribution in [0.1, 0.15) is 31.2 Å². The second-order valence-electron chi connectivity index (χ2n) is 8.50. The molecule has 0 aliphatic carbocycles. The number of para-hydroxylation sites is 1. The first kappa shape index (κ1) is 19.5. The molecule has 1 unspecified atom stereocenters. The smallest absolute Gasteiger partial charge is 0.414 e. The van der Waals surface area contributed by atoms with E-state index in [9.17, 15) is 4.79 Å². The van der Waals surface area contributed by atoms with E-state index in [1.54, 1.807) is 4.90 Å². The van der Waals surface area contributed by atoms with E-state index in [1.165, 1.54) is 12.8 Å². The normalized spacial score (nSPS) is 25.3. The minimum Gasteiger partial charge on any atom is -0.445 e. The topological polar surface area (TPSA) is 29.5 Å². The molecule has 0 aromatic heterocycles. The van der Waals surface area contributed by atoms with Gasteiger partial charge in [0.05, 0.1) is 32.7 Å². The number of carbonyl (C=O) groups excluding carboxylic acids is 1. The van der Waals surface area contributed by atoms with Crippen molar-refractivity contribution in [3.8, 4) is 0 Å². The van der Waals surface area contributed by atoms with Crippen molar-refractivity contribution in [3.05, 3.63) is 64.6 Å². The molecule has 3 atom stereocenters. The molecule has 2 aliphatic heterocycles. The molecule has 0 spiro atoms. The van der Waals surface area contributed by atoms with Gasteiger partial charge in [0.2, 0.25) is 0 Å². The number of quaternary nitrogens is 1. The Kier molecular flexibility index (Phi) is 5.48. The van der Waals surface area contributed by atoms with Crippen LogP contribution in [0, 0.1) is 0 Å². The molecule has 0 N–H and O–H groups in total. The molecule has 4 rings (SSSR count). The van der Waals surface area contributed by atoms with Crippen LogP contribution >= 0.6 is 15.9 Å². The third-order valence-electron chi connectivity index (χ3n) is 6.63. The molecular weight excluding hydrogens is 416 g/mol. The van der Waals surface area contributed by atoms with Gasteiger partial charge in [-0.05, 0) is 23.8 Å². The molecule has 2 aromatic carbocycles. The number of rotatable bonds is 4. The van der Waals surface area contributed by atoms with E-state index >= 15 is 0 Å². The van der Waals surface area contributed by atoms with Crippen LogP contribution < -0.4 is 4.90 Å². The second-order valence-corrected chi connectivity index (χ2v) is 9.36. The summed E-state index contributed by atoms with van der Waals surface area (Å²) in [7, 11) is 4.65. The van der Waals surface area contributed by atoms with E-state index < -0.39 is 0 Å². The van der Waals surface area contributed by atoms with Crippen molar-refractivity contribution < 1.29 is 14.0 Å². The molecule has 0 radical (unpaired) electrons. The highest BCUT2D eigenvalue weighted by Crippen LogP contribution is 2.40. The quantitative estimate of drug-likeness (QED) is 0.594. The van der Waals surface area contributed by atoms with Gasteiger partial charge in [-0.3, -0.25) is 4.90 Å². The summed E-state index contributed by atoms with van der Waals surface area (Å²) in [5, 5.41) is 0. The van der Waals surface area contributed by atoms with Crippen LogP contribution in [0.3, 0.4) is 0 Å². The zero-order valence-electron chi connectivity index (χ0n) is 16.6. The van der Waals surface area contributed by atoms with Crippen molar-refractivity contribution in [2.45, 2.75) is 50.4 Å². The number of carbonyl (C=O) groups is 1. The third kappa shape index (κ3) is 3.83. The van der Waals surface area contributed by atoms with Crippen LogP contribution in [0.4, 0.5) is 10.5 Å². The minimum absolute atomic E-state index is 0.0153. The highest BCUT2D eigenvalue weighted by molar-refractivity contribution is 9.10. The van der Waals surface area contributed by atoms with Gasteiger partial charge in [-0.15, -0.1) is 0 Å². The highest BCUT2D eigenvalue weighted by Gasteiger charge is 2.50. The van der Waals surface area contributed by atoms with Gasteiger partial charge in [0.25, 0.3) is 0 Å². The van der Waals surface area contributed by atoms with Crippen LogP contribution in [0.5, 0.6) is 0 Å². The Morgan fingerprint density at radius 3 is 2.29 bits per heavy atom. The number of hydrogen-bond acceptors (Lipinski definition) is 2. The summed E-state index contributed by atoms with van der Waals surface area (Å²) in [6, 6.07) is 19.0. The second kappa shape index (κ2) is 7.88. The van der Waals surface area contributed by atoms with E-state index in [1.807, 2.05) is 54.6 Å². The molecule has 28 heavy (non-hydrogen) atoms. The maximum atomic E-state index is 13.2. The average Bonchev–Trinajstić information content (AvgIpc) is 2.85. The Balaban J connectivity index is 1.52. The van der Waals surface area contributed by atoms with Gasteiger partial charge < -0.3 is 9.22 Å². The fourth-order valence-corrected chi connectivity index (χ4v) is 5.21. The monoisotopic (exact) mass is 443 g/mol. The molecule has 2 saturated heterocycles. The number of piperidine rings is 1. The van der Waals surface area contributed by atoms with Gasteiger partial charge >= 0.3 is 6.09 Å². The Labute approximate surface area is 175 Å². The van der Waals surface area contributed by atoms with Crippen LogP contribution in [0.2, 0.25) is 0 Å². The summed E-state index contributed by atoms with van der Waals surface area (Å²) >= 11 is 3.60. The Bertz CT molecular complexity index is 824. The molecule has 2 bridgehead atoms. The summed E-state index contributed by atoms with van der Waals surface area (Å²) in [5.74, 6) is 0. The van der Waals surface area contributed by atoms with Gasteiger partial charge in [-0.1, -0.05) is 52.3 Å². The fraction of sp³-hybridized carbons (Fsp3) is 0.435. The lowest BCUT2D eigenvalue weighted by Crippen LogP contribution is -2.56. The Hall–Kier alpha value is -1.85. The first-order chi connectivity index (χ1) is 13.4. The van der Waals surface area contributed by atoms with Gasteiger partial charge in [0, 0.05) is 35.8 Å². The van der Waals surface area contributed by atoms with E-state index in [-0.39, 0.29) is 12.2 Å². The molecule has 2 aliphatic rings. The largest absolute Gasteiger partial charge is 0.445 e. The minimum atomic E-state index is -0.251. The molecule has 148 valence electrons. The predicted molar refractivity (Wildman–Crippen MR) is 115 cm³/mol. The summed E-state index contributed by atoms with van der Waals surface area (Å²) in [6.07, 6.45) is 4.18. The molecule has 1 amide bonds. The van der Waals surface area contributed by atoms with Crippen molar-refractivity contribution in [1.82, 2.24) is 0 Å². The van der Waals surface area contributed by atoms with Gasteiger partial charge in [-0.2, -0.15) is 0 Å². The number of hydrogen-bond donors (Lipinski definition) is 0. The van der Waals surface area contributed by atoms with E-state index in [2.05, 4.69) is 30.0 Å². The Morgan fingerprint density at radius 2 is 1.64 bits per heavy atom. The van der Waals surface area contributed by atoms with Crippen LogP contribution in [0.25, 0.3) is 0 Å². The van der Waals surface area contributed by atoms with Crippen LogP contribution in [-0.4, -0.2) is 42.9 Å². The molecule has 2 heterocycles. The van der Waals surface area contributed by atoms with E-state index in [0.29, 0.717) is 18.6 Å². The van der Waals surface area contributed by atoms with Crippen molar-refractivity contribution in [2.75, 3.05) is 19.0 Å². The lowest BCUT2D eigenvalue weighted by Gasteiger charge is -2.44. The average molecular weight is 444 g/mol. The summed E-state index contributed by atoms with van der Waals surface area (Å²) in [6.45, 7) is 0.478. The molecule has 5 heteroatoms. The number of fused-ring (bicyclic) bond motifs is 2. The van der Waals surface area contributed by atoms with Crippen LogP contribution in [0.15, 0.2) is 59.1 Å². The van der Waals surface area contributed by atoms with Gasteiger partial charge in [0.1, 0.15) is 6.10 Å². The summed E-state index contributed by atoms with van der Waals surface area (Å²) < 4.78 is 8.13. The molecule has 2 aromatic rings. The maximum absolute atomic E-state index is 13.2. The fourth-order valence-electron chi connectivity index (χ4n) is 4.80. The Morgan fingerprint density at radius 1 is 1.04 bits per heavy atom. The highest BCUT2D eigenvalue weighted by atomic mass is 79.9. The van der Waals surface area contributed by atoms with Crippen molar-refractivity contribution in [1.29, 1.82) is 0 Å². The molecule has 0 saturated carbocycles. The summed E-state index contributed by atoms with van der Waals surface area (Å²) in [4.78, 5) is 15.0. The lowest BCUT2D eigenvalue weighted by molar-refractivity contribution is -0.931. The zero-order valence-corrected chi connectivity index (χ0v) is 18.1. The SMILES string of the molecule is C[N+]1(C)[C@@H]2CC[C@H]1CC(OC(=O)N(Cc1ccccc1Br)c1ccccc1)C2. The van der Waals surface area contributed by atoms with E-state index in [0.717, 1.165) is 33.0 Å². The number of ether oxygens (including phenoxy) is 1. The van der Waals surface area contributed by atoms with Gasteiger partial charge in [-0.25, -0.2) is 4.79 Å². The van der Waals surface area contributed by atoms with Crippen molar-refractivity contribution in [3.63, 3.8) is 0 Å². The zero-order chi connectivity index (χ0) is 19.7. The molecule has 2 fully saturated rings. The number of amides is 1. The predicted octanol–water partition coefficient (Wildman–Crippen LogP) is 5.36. The first-order valence-electron chi connectivity index (χ1n) is 10.0. The van der Waals surface area contributed by atoms with Gasteiger partial charge in [0.15, 0.2) is 0 Å². The number of nitrogens with zero attached hydrogens (tertiary/aromatic N) is 2. The molecular formula is C23H28BrN2O2+. The lowest BCUT2D eigenvalue weighted by atomic mass is 9.98. The maximum Gasteiger partial charge on any atom is 0.414 e. The number of benzene rings is 2. The molecule has 4 nitrogen and oxygen atoms in total. The van der Waals surface area contributed by atoms with Crippen molar-refractivity contribution >= 4 is 27.7 Å². The van der Waals surface area contributed by atoms with Crippen molar-refractivity contribution in [2.24, 2.45) is 0 Å². The first-order valence-corrected chi connectivity index (χ1v) is 10.8. The number of anilines is 1. The van der Waals surface area contributed by atoms with E-state index in [4.69, 9.17) is 4.74 Å². The van der Waals surface area contributed by atoms with Crippen LogP contribution in [-0.2, 0) is 11.3 Å². The third-order valence-corrected chi connectivity index (χ3v) is 7.40. The summed E-state index contributed by atoms with van der Waals surface area (Å²) in [5.41, 5.74) is 1.92.